The van der Waals surface area contributed by atoms with Crippen molar-refractivity contribution in [1.29, 1.82) is 0 Å². The number of benzene rings is 3. The second-order valence-electron chi connectivity index (χ2n) is 7.33. The van der Waals surface area contributed by atoms with Crippen molar-refractivity contribution in [2.45, 2.75) is 45.7 Å². The monoisotopic (exact) mass is 387 g/mol. The van der Waals surface area contributed by atoms with E-state index in [1.54, 1.807) is 0 Å². The standard InChI is InChI=1S/C26H29NO2/c1-3-21(2)27(26(28)18-17-22-11-6-4-7-12-22)20-23-13-10-16-25(19-23)29-24-14-8-5-9-15-24/h4-16,19,21H,3,17-18,20H2,1-2H3. The molecule has 0 fully saturated rings. The first kappa shape index (κ1) is 20.7. The summed E-state index contributed by atoms with van der Waals surface area (Å²) in [6.07, 6.45) is 2.22. The van der Waals surface area contributed by atoms with Crippen LogP contribution in [0.25, 0.3) is 0 Å². The molecule has 0 aliphatic carbocycles. The van der Waals surface area contributed by atoms with Gasteiger partial charge < -0.3 is 9.64 Å². The average molecular weight is 388 g/mol. The van der Waals surface area contributed by atoms with Gasteiger partial charge in [0, 0.05) is 19.0 Å². The van der Waals surface area contributed by atoms with Crippen molar-refractivity contribution in [2.75, 3.05) is 0 Å². The van der Waals surface area contributed by atoms with Gasteiger partial charge in [0.1, 0.15) is 11.5 Å². The van der Waals surface area contributed by atoms with Crippen LogP contribution in [0.5, 0.6) is 11.5 Å². The first-order chi connectivity index (χ1) is 14.2. The van der Waals surface area contributed by atoms with E-state index in [2.05, 4.69) is 32.0 Å². The lowest BCUT2D eigenvalue weighted by molar-refractivity contribution is -0.134. The highest BCUT2D eigenvalue weighted by Gasteiger charge is 2.19. The van der Waals surface area contributed by atoms with Crippen LogP contribution in [0.3, 0.4) is 0 Å². The molecule has 0 aliphatic rings. The van der Waals surface area contributed by atoms with Gasteiger partial charge in [0.05, 0.1) is 0 Å². The molecule has 0 aromatic heterocycles. The number of nitrogens with zero attached hydrogens (tertiary/aromatic N) is 1. The van der Waals surface area contributed by atoms with E-state index in [1.807, 2.05) is 71.6 Å². The van der Waals surface area contributed by atoms with Crippen molar-refractivity contribution in [3.05, 3.63) is 96.1 Å². The Bertz CT molecular complexity index is 893. The smallest absolute Gasteiger partial charge is 0.223 e. The summed E-state index contributed by atoms with van der Waals surface area (Å²) < 4.78 is 5.95. The van der Waals surface area contributed by atoms with Crippen LogP contribution in [0.15, 0.2) is 84.9 Å². The molecule has 1 amide bonds. The zero-order valence-corrected chi connectivity index (χ0v) is 17.3. The highest BCUT2D eigenvalue weighted by Crippen LogP contribution is 2.23. The first-order valence-electron chi connectivity index (χ1n) is 10.3. The molecule has 0 bridgehead atoms. The van der Waals surface area contributed by atoms with Gasteiger partial charge in [-0.15, -0.1) is 0 Å². The molecule has 0 radical (unpaired) electrons. The molecular formula is C26H29NO2. The highest BCUT2D eigenvalue weighted by molar-refractivity contribution is 5.76. The van der Waals surface area contributed by atoms with E-state index >= 15 is 0 Å². The molecule has 3 nitrogen and oxygen atoms in total. The number of para-hydroxylation sites is 1. The third kappa shape index (κ3) is 6.21. The maximum Gasteiger partial charge on any atom is 0.223 e. The van der Waals surface area contributed by atoms with Gasteiger partial charge in [0.15, 0.2) is 0 Å². The minimum absolute atomic E-state index is 0.192. The van der Waals surface area contributed by atoms with Crippen LogP contribution in [0.2, 0.25) is 0 Å². The van der Waals surface area contributed by atoms with Crippen LogP contribution in [-0.4, -0.2) is 16.8 Å². The Labute approximate surface area is 174 Å². The van der Waals surface area contributed by atoms with E-state index in [0.29, 0.717) is 13.0 Å². The molecule has 3 aromatic rings. The number of carbonyl (C=O) groups is 1. The van der Waals surface area contributed by atoms with E-state index < -0.39 is 0 Å². The molecule has 1 unspecified atom stereocenters. The Morgan fingerprint density at radius 3 is 2.17 bits per heavy atom. The number of carbonyl (C=O) groups excluding carboxylic acids is 1. The summed E-state index contributed by atoms with van der Waals surface area (Å²) in [5.41, 5.74) is 2.27. The van der Waals surface area contributed by atoms with Crippen LogP contribution in [0.4, 0.5) is 0 Å². The van der Waals surface area contributed by atoms with E-state index in [0.717, 1.165) is 29.9 Å². The molecule has 3 aromatic carbocycles. The lowest BCUT2D eigenvalue weighted by Crippen LogP contribution is -2.37. The summed E-state index contributed by atoms with van der Waals surface area (Å²) in [7, 11) is 0. The number of hydrogen-bond acceptors (Lipinski definition) is 2. The van der Waals surface area contributed by atoms with Crippen molar-refractivity contribution in [3.8, 4) is 11.5 Å². The fourth-order valence-electron chi connectivity index (χ4n) is 3.28. The van der Waals surface area contributed by atoms with Gasteiger partial charge in [-0.1, -0.05) is 67.6 Å². The molecule has 150 valence electrons. The lowest BCUT2D eigenvalue weighted by atomic mass is 10.1. The third-order valence-corrected chi connectivity index (χ3v) is 5.14. The van der Waals surface area contributed by atoms with Gasteiger partial charge in [-0.05, 0) is 55.2 Å². The maximum atomic E-state index is 13.0. The highest BCUT2D eigenvalue weighted by atomic mass is 16.5. The normalized spacial score (nSPS) is 11.7. The van der Waals surface area contributed by atoms with Gasteiger partial charge in [-0.3, -0.25) is 4.79 Å². The zero-order chi connectivity index (χ0) is 20.5. The third-order valence-electron chi connectivity index (χ3n) is 5.14. The summed E-state index contributed by atoms with van der Waals surface area (Å²) in [6.45, 7) is 4.83. The van der Waals surface area contributed by atoms with Crippen molar-refractivity contribution < 1.29 is 9.53 Å². The Morgan fingerprint density at radius 1 is 0.862 bits per heavy atom. The van der Waals surface area contributed by atoms with Crippen molar-refractivity contribution in [2.24, 2.45) is 0 Å². The van der Waals surface area contributed by atoms with Gasteiger partial charge in [0.2, 0.25) is 5.91 Å². The second kappa shape index (κ2) is 10.5. The average Bonchev–Trinajstić information content (AvgIpc) is 2.77. The van der Waals surface area contributed by atoms with Crippen LogP contribution in [0.1, 0.15) is 37.8 Å². The quantitative estimate of drug-likeness (QED) is 0.435. The van der Waals surface area contributed by atoms with Crippen molar-refractivity contribution in [3.63, 3.8) is 0 Å². The Morgan fingerprint density at radius 2 is 1.48 bits per heavy atom. The maximum absolute atomic E-state index is 13.0. The predicted molar refractivity (Wildman–Crippen MR) is 118 cm³/mol. The van der Waals surface area contributed by atoms with Crippen LogP contribution in [-0.2, 0) is 17.8 Å². The molecule has 0 saturated heterocycles. The summed E-state index contributed by atoms with van der Waals surface area (Å²) in [5.74, 6) is 1.79. The summed E-state index contributed by atoms with van der Waals surface area (Å²) >= 11 is 0. The molecule has 1 atom stereocenters. The number of ether oxygens (including phenoxy) is 1. The fraction of sp³-hybridized carbons (Fsp3) is 0.269. The van der Waals surface area contributed by atoms with E-state index in [9.17, 15) is 4.79 Å². The first-order valence-corrected chi connectivity index (χ1v) is 10.3. The van der Waals surface area contributed by atoms with Gasteiger partial charge in [-0.2, -0.15) is 0 Å². The molecule has 3 rings (SSSR count). The van der Waals surface area contributed by atoms with Gasteiger partial charge in [0.25, 0.3) is 0 Å². The largest absolute Gasteiger partial charge is 0.457 e. The zero-order valence-electron chi connectivity index (χ0n) is 17.3. The van der Waals surface area contributed by atoms with Crippen molar-refractivity contribution in [1.82, 2.24) is 4.90 Å². The van der Waals surface area contributed by atoms with E-state index in [1.165, 1.54) is 5.56 Å². The summed E-state index contributed by atoms with van der Waals surface area (Å²) in [6, 6.07) is 28.1. The molecule has 0 N–H and O–H groups in total. The molecular weight excluding hydrogens is 358 g/mol. The molecule has 3 heteroatoms. The number of rotatable bonds is 9. The minimum Gasteiger partial charge on any atom is -0.457 e. The Balaban J connectivity index is 1.68. The van der Waals surface area contributed by atoms with Crippen LogP contribution in [0, 0.1) is 0 Å². The topological polar surface area (TPSA) is 29.5 Å². The van der Waals surface area contributed by atoms with Gasteiger partial charge >= 0.3 is 0 Å². The Hall–Kier alpha value is -3.07. The molecule has 0 heterocycles. The number of aryl methyl sites for hydroxylation is 1. The SMILES string of the molecule is CCC(C)N(Cc1cccc(Oc2ccccc2)c1)C(=O)CCc1ccccc1. The Kier molecular flexibility index (Phi) is 7.46. The van der Waals surface area contributed by atoms with E-state index in [4.69, 9.17) is 4.74 Å². The summed E-state index contributed by atoms with van der Waals surface area (Å²) in [4.78, 5) is 15.0. The molecule has 0 spiro atoms. The van der Waals surface area contributed by atoms with Crippen LogP contribution < -0.4 is 4.74 Å². The van der Waals surface area contributed by atoms with Crippen LogP contribution >= 0.6 is 0 Å². The number of amides is 1. The second-order valence-corrected chi connectivity index (χ2v) is 7.33. The summed E-state index contributed by atoms with van der Waals surface area (Å²) in [5, 5.41) is 0. The van der Waals surface area contributed by atoms with Gasteiger partial charge in [-0.25, -0.2) is 0 Å². The molecule has 0 aliphatic heterocycles. The lowest BCUT2D eigenvalue weighted by Gasteiger charge is -2.29. The molecule has 0 saturated carbocycles. The fourth-order valence-corrected chi connectivity index (χ4v) is 3.28. The van der Waals surface area contributed by atoms with Crippen molar-refractivity contribution >= 4 is 5.91 Å². The molecule has 29 heavy (non-hydrogen) atoms. The number of hydrogen-bond donors (Lipinski definition) is 0. The van der Waals surface area contributed by atoms with E-state index in [-0.39, 0.29) is 11.9 Å². The predicted octanol–water partition coefficient (Wildman–Crippen LogP) is 6.24. The minimum atomic E-state index is 0.192.